The average molecular weight is 266 g/mol. The average Bonchev–Trinajstić information content (AvgIpc) is 2.35. The first-order valence-corrected chi connectivity index (χ1v) is 6.31. The molecule has 7 nitrogen and oxygen atoms in total. The molecule has 1 amide bonds. The van der Waals surface area contributed by atoms with Gasteiger partial charge < -0.3 is 10.7 Å². The number of likely N-dealkylation sites (N-methyl/N-ethyl adjacent to an activating group) is 1. The van der Waals surface area contributed by atoms with E-state index < -0.39 is 0 Å². The molecule has 19 heavy (non-hydrogen) atoms. The van der Waals surface area contributed by atoms with Crippen molar-refractivity contribution in [1.82, 2.24) is 20.2 Å². The number of nitrogen functional groups attached to an aromatic ring is 1. The number of anilines is 1. The van der Waals surface area contributed by atoms with Crippen LogP contribution in [0.2, 0.25) is 0 Å². The van der Waals surface area contributed by atoms with Gasteiger partial charge >= 0.3 is 0 Å². The number of carbonyl (C=O) groups excluding carboxylic acids is 1. The van der Waals surface area contributed by atoms with Crippen LogP contribution in [0.1, 0.15) is 24.9 Å². The summed E-state index contributed by atoms with van der Waals surface area (Å²) in [6.45, 7) is 5.42. The molecule has 0 aromatic carbocycles. The number of carbonyl (C=O) groups is 1. The molecule has 0 bridgehead atoms. The standard InChI is InChI=1S/C12H22N6O/c1-4-5-14-12(19)8-18(3)7-11-15-9(2)6-10(16-11)17-13/h6H,4-5,7-8,13H2,1-3H3,(H,14,19)(H,15,16,17). The molecule has 0 aliphatic rings. The summed E-state index contributed by atoms with van der Waals surface area (Å²) in [5.74, 6) is 6.56. The van der Waals surface area contributed by atoms with Crippen molar-refractivity contribution in [3.8, 4) is 0 Å². The molecule has 0 saturated carbocycles. The van der Waals surface area contributed by atoms with E-state index in [4.69, 9.17) is 5.84 Å². The lowest BCUT2D eigenvalue weighted by atomic mass is 10.4. The minimum atomic E-state index is 0.00850. The molecule has 1 aromatic heterocycles. The van der Waals surface area contributed by atoms with E-state index in [9.17, 15) is 4.79 Å². The van der Waals surface area contributed by atoms with E-state index >= 15 is 0 Å². The molecule has 4 N–H and O–H groups in total. The van der Waals surface area contributed by atoms with Crippen LogP contribution in [0.4, 0.5) is 5.82 Å². The summed E-state index contributed by atoms with van der Waals surface area (Å²) in [6.07, 6.45) is 0.933. The predicted octanol–water partition coefficient (Wildman–Crippen LogP) is 0.0286. The molecular formula is C12H22N6O. The van der Waals surface area contributed by atoms with Crippen molar-refractivity contribution in [2.45, 2.75) is 26.8 Å². The van der Waals surface area contributed by atoms with Crippen molar-refractivity contribution in [2.24, 2.45) is 5.84 Å². The maximum atomic E-state index is 11.6. The number of hydrogen-bond acceptors (Lipinski definition) is 6. The summed E-state index contributed by atoms with van der Waals surface area (Å²) in [4.78, 5) is 22.0. The number of hydrogen-bond donors (Lipinski definition) is 3. The minimum absolute atomic E-state index is 0.00850. The van der Waals surface area contributed by atoms with Gasteiger partial charge in [-0.3, -0.25) is 9.69 Å². The van der Waals surface area contributed by atoms with Gasteiger partial charge in [0.05, 0.1) is 13.1 Å². The third kappa shape index (κ3) is 5.62. The van der Waals surface area contributed by atoms with Gasteiger partial charge in [-0.25, -0.2) is 15.8 Å². The highest BCUT2D eigenvalue weighted by Crippen LogP contribution is 2.06. The van der Waals surface area contributed by atoms with Gasteiger partial charge in [0.25, 0.3) is 0 Å². The monoisotopic (exact) mass is 266 g/mol. The highest BCUT2D eigenvalue weighted by molar-refractivity contribution is 5.77. The van der Waals surface area contributed by atoms with Crippen LogP contribution in [0.5, 0.6) is 0 Å². The van der Waals surface area contributed by atoms with Crippen molar-refractivity contribution in [3.63, 3.8) is 0 Å². The first-order valence-electron chi connectivity index (χ1n) is 6.31. The number of aromatic nitrogens is 2. The minimum Gasteiger partial charge on any atom is -0.355 e. The Morgan fingerprint density at radius 1 is 1.47 bits per heavy atom. The molecule has 7 heteroatoms. The van der Waals surface area contributed by atoms with E-state index in [0.29, 0.717) is 31.3 Å². The molecular weight excluding hydrogens is 244 g/mol. The van der Waals surface area contributed by atoms with Crippen LogP contribution in [-0.2, 0) is 11.3 Å². The molecule has 0 aliphatic carbocycles. The van der Waals surface area contributed by atoms with Gasteiger partial charge in [0.1, 0.15) is 11.6 Å². The van der Waals surface area contributed by atoms with Crippen LogP contribution >= 0.6 is 0 Å². The summed E-state index contributed by atoms with van der Waals surface area (Å²) in [5, 5.41) is 2.83. The van der Waals surface area contributed by atoms with Gasteiger partial charge in [0.15, 0.2) is 0 Å². The van der Waals surface area contributed by atoms with Crippen molar-refractivity contribution >= 4 is 11.7 Å². The Bertz CT molecular complexity index is 423. The van der Waals surface area contributed by atoms with Crippen LogP contribution < -0.4 is 16.6 Å². The van der Waals surface area contributed by atoms with Crippen molar-refractivity contribution < 1.29 is 4.79 Å². The number of nitrogens with two attached hydrogens (primary N) is 1. The van der Waals surface area contributed by atoms with Gasteiger partial charge in [0, 0.05) is 18.3 Å². The second-order valence-electron chi connectivity index (χ2n) is 4.48. The largest absolute Gasteiger partial charge is 0.355 e. The van der Waals surface area contributed by atoms with Gasteiger partial charge in [-0.15, -0.1) is 0 Å². The van der Waals surface area contributed by atoms with Gasteiger partial charge in [-0.1, -0.05) is 6.92 Å². The van der Waals surface area contributed by atoms with Crippen molar-refractivity contribution in [2.75, 3.05) is 25.6 Å². The summed E-state index contributed by atoms with van der Waals surface area (Å²) in [7, 11) is 1.85. The summed E-state index contributed by atoms with van der Waals surface area (Å²) >= 11 is 0. The van der Waals surface area contributed by atoms with E-state index in [2.05, 4.69) is 20.7 Å². The Balaban J connectivity index is 2.54. The molecule has 0 saturated heterocycles. The molecule has 106 valence electrons. The van der Waals surface area contributed by atoms with Crippen LogP contribution in [0, 0.1) is 6.92 Å². The van der Waals surface area contributed by atoms with Crippen LogP contribution in [0.3, 0.4) is 0 Å². The first kappa shape index (κ1) is 15.3. The van der Waals surface area contributed by atoms with E-state index in [1.807, 2.05) is 25.8 Å². The lowest BCUT2D eigenvalue weighted by Crippen LogP contribution is -2.35. The smallest absolute Gasteiger partial charge is 0.234 e. The third-order valence-corrected chi connectivity index (χ3v) is 2.45. The molecule has 0 atom stereocenters. The molecule has 1 aromatic rings. The lowest BCUT2D eigenvalue weighted by Gasteiger charge is -2.15. The SMILES string of the molecule is CCCNC(=O)CN(C)Cc1nc(C)cc(NN)n1. The Morgan fingerprint density at radius 2 is 2.21 bits per heavy atom. The number of amides is 1. The zero-order valence-electron chi connectivity index (χ0n) is 11.7. The summed E-state index contributed by atoms with van der Waals surface area (Å²) in [6, 6.07) is 1.76. The number of nitrogens with one attached hydrogen (secondary N) is 2. The maximum absolute atomic E-state index is 11.6. The van der Waals surface area contributed by atoms with Crippen LogP contribution in [-0.4, -0.2) is 40.9 Å². The summed E-state index contributed by atoms with van der Waals surface area (Å²) in [5.41, 5.74) is 3.34. The second-order valence-corrected chi connectivity index (χ2v) is 4.48. The van der Waals surface area contributed by atoms with Gasteiger partial charge in [-0.05, 0) is 20.4 Å². The lowest BCUT2D eigenvalue weighted by molar-refractivity contribution is -0.122. The molecule has 0 fully saturated rings. The van der Waals surface area contributed by atoms with Crippen molar-refractivity contribution in [3.05, 3.63) is 17.6 Å². The van der Waals surface area contributed by atoms with Gasteiger partial charge in [0.2, 0.25) is 5.91 Å². The fourth-order valence-corrected chi connectivity index (χ4v) is 1.64. The Morgan fingerprint density at radius 3 is 2.84 bits per heavy atom. The maximum Gasteiger partial charge on any atom is 0.234 e. The number of nitrogens with zero attached hydrogens (tertiary/aromatic N) is 3. The first-order chi connectivity index (χ1) is 9.05. The quantitative estimate of drug-likeness (QED) is 0.476. The molecule has 1 rings (SSSR count). The van der Waals surface area contributed by atoms with E-state index in [0.717, 1.165) is 12.1 Å². The fourth-order valence-electron chi connectivity index (χ4n) is 1.64. The molecule has 0 aliphatic heterocycles. The van der Waals surface area contributed by atoms with E-state index in [-0.39, 0.29) is 5.91 Å². The third-order valence-electron chi connectivity index (χ3n) is 2.45. The number of aryl methyl sites for hydroxylation is 1. The number of rotatable bonds is 7. The molecule has 1 heterocycles. The van der Waals surface area contributed by atoms with Crippen LogP contribution in [0.15, 0.2) is 6.07 Å². The second kappa shape index (κ2) is 7.65. The van der Waals surface area contributed by atoms with Crippen LogP contribution in [0.25, 0.3) is 0 Å². The van der Waals surface area contributed by atoms with E-state index in [1.54, 1.807) is 6.07 Å². The van der Waals surface area contributed by atoms with E-state index in [1.165, 1.54) is 0 Å². The molecule has 0 spiro atoms. The van der Waals surface area contributed by atoms with Crippen molar-refractivity contribution in [1.29, 1.82) is 0 Å². The predicted molar refractivity (Wildman–Crippen MR) is 74.2 cm³/mol. The number of hydrazine groups is 1. The summed E-state index contributed by atoms with van der Waals surface area (Å²) < 4.78 is 0. The highest BCUT2D eigenvalue weighted by atomic mass is 16.2. The topological polar surface area (TPSA) is 96.2 Å². The highest BCUT2D eigenvalue weighted by Gasteiger charge is 2.09. The zero-order valence-corrected chi connectivity index (χ0v) is 11.7. The Kier molecular flexibility index (Phi) is 6.17. The normalized spacial score (nSPS) is 10.6. The van der Waals surface area contributed by atoms with Gasteiger partial charge in [-0.2, -0.15) is 0 Å². The molecule has 0 radical (unpaired) electrons. The Labute approximate surface area is 113 Å². The zero-order chi connectivity index (χ0) is 14.3. The fraction of sp³-hybridized carbons (Fsp3) is 0.583. The molecule has 0 unspecified atom stereocenters. The Hall–Kier alpha value is -1.73.